The first kappa shape index (κ1) is 11.2. The van der Waals surface area contributed by atoms with Gasteiger partial charge in [-0.2, -0.15) is 0 Å². The Balaban J connectivity index is 2.36. The van der Waals surface area contributed by atoms with E-state index in [0.717, 1.165) is 0 Å². The van der Waals surface area contributed by atoms with Crippen LogP contribution in [-0.4, -0.2) is 28.3 Å². The van der Waals surface area contributed by atoms with E-state index < -0.39 is 11.8 Å². The van der Waals surface area contributed by atoms with Crippen LogP contribution in [0.4, 0.5) is 0 Å². The molecule has 0 unspecified atom stereocenters. The predicted molar refractivity (Wildman–Crippen MR) is 60.5 cm³/mol. The topological polar surface area (TPSA) is 69.2 Å². The van der Waals surface area contributed by atoms with E-state index in [0.29, 0.717) is 11.0 Å². The minimum atomic E-state index is -0.851. The highest BCUT2D eigenvalue weighted by Gasteiger charge is 2.17. The zero-order valence-corrected chi connectivity index (χ0v) is 9.21. The average Bonchev–Trinajstić information content (AvgIpc) is 2.37. The van der Waals surface area contributed by atoms with Gasteiger partial charge in [0, 0.05) is 18.0 Å². The molecule has 0 fully saturated rings. The van der Waals surface area contributed by atoms with Crippen LogP contribution in [0.5, 0.6) is 0 Å². The standard InChI is InChI=1S/C12H10N2O3/c1-2-17-12(16)11(15)8-3-4-9-10(7-8)14-6-5-13-9/h3-7H,2H2,1H3. The van der Waals surface area contributed by atoms with Crippen LogP contribution in [0.15, 0.2) is 30.6 Å². The van der Waals surface area contributed by atoms with Crippen LogP contribution in [0.2, 0.25) is 0 Å². The summed E-state index contributed by atoms with van der Waals surface area (Å²) in [5.41, 5.74) is 1.51. The Morgan fingerprint density at radius 2 is 1.88 bits per heavy atom. The smallest absolute Gasteiger partial charge is 0.379 e. The van der Waals surface area contributed by atoms with Crippen molar-refractivity contribution in [3.05, 3.63) is 36.2 Å². The fourth-order valence-corrected chi connectivity index (χ4v) is 1.42. The summed E-state index contributed by atoms with van der Waals surface area (Å²) in [5.74, 6) is -1.52. The summed E-state index contributed by atoms with van der Waals surface area (Å²) in [7, 11) is 0. The van der Waals surface area contributed by atoms with Gasteiger partial charge in [0.2, 0.25) is 0 Å². The molecule has 0 aliphatic heterocycles. The summed E-state index contributed by atoms with van der Waals surface area (Å²) in [5, 5.41) is 0. The van der Waals surface area contributed by atoms with E-state index in [2.05, 4.69) is 14.7 Å². The van der Waals surface area contributed by atoms with Gasteiger partial charge in [0.25, 0.3) is 5.78 Å². The highest BCUT2D eigenvalue weighted by atomic mass is 16.5. The molecule has 1 heterocycles. The lowest BCUT2D eigenvalue weighted by Gasteiger charge is -2.01. The molecule has 0 spiro atoms. The molecule has 0 aliphatic rings. The first-order chi connectivity index (χ1) is 8.22. The SMILES string of the molecule is CCOC(=O)C(=O)c1ccc2nccnc2c1. The molecule has 17 heavy (non-hydrogen) atoms. The predicted octanol–water partition coefficient (Wildman–Crippen LogP) is 1.38. The third-order valence-corrected chi connectivity index (χ3v) is 2.19. The number of esters is 1. The number of Topliss-reactive ketones (excluding diaryl/α,β-unsaturated/α-hetero) is 1. The molecule has 0 N–H and O–H groups in total. The van der Waals surface area contributed by atoms with Gasteiger partial charge in [-0.05, 0) is 25.1 Å². The van der Waals surface area contributed by atoms with E-state index >= 15 is 0 Å². The van der Waals surface area contributed by atoms with Gasteiger partial charge < -0.3 is 4.74 Å². The Hall–Kier alpha value is -2.30. The molecule has 0 radical (unpaired) electrons. The molecule has 1 aromatic carbocycles. The molecule has 2 rings (SSSR count). The molecule has 1 aromatic heterocycles. The second-order valence-corrected chi connectivity index (χ2v) is 3.31. The van der Waals surface area contributed by atoms with Gasteiger partial charge in [-0.15, -0.1) is 0 Å². The number of carbonyl (C=O) groups excluding carboxylic acids is 2. The fourth-order valence-electron chi connectivity index (χ4n) is 1.42. The van der Waals surface area contributed by atoms with E-state index in [1.807, 2.05) is 0 Å². The van der Waals surface area contributed by atoms with E-state index in [1.165, 1.54) is 18.3 Å². The summed E-state index contributed by atoms with van der Waals surface area (Å²) in [6.07, 6.45) is 3.09. The Bertz CT molecular complexity index is 581. The molecule has 86 valence electrons. The molecular formula is C12H10N2O3. The minimum absolute atomic E-state index is 0.179. The maximum atomic E-state index is 11.7. The van der Waals surface area contributed by atoms with Crippen LogP contribution in [0.1, 0.15) is 17.3 Å². The number of nitrogens with zero attached hydrogens (tertiary/aromatic N) is 2. The number of hydrogen-bond donors (Lipinski definition) is 0. The van der Waals surface area contributed by atoms with Crippen molar-refractivity contribution >= 4 is 22.8 Å². The minimum Gasteiger partial charge on any atom is -0.460 e. The molecule has 5 nitrogen and oxygen atoms in total. The normalized spacial score (nSPS) is 10.2. The van der Waals surface area contributed by atoms with Gasteiger partial charge in [-0.3, -0.25) is 14.8 Å². The van der Waals surface area contributed by atoms with Crippen molar-refractivity contribution in [3.8, 4) is 0 Å². The van der Waals surface area contributed by atoms with Gasteiger partial charge in [-0.1, -0.05) is 0 Å². The van der Waals surface area contributed by atoms with E-state index in [-0.39, 0.29) is 12.2 Å². The van der Waals surface area contributed by atoms with Gasteiger partial charge >= 0.3 is 5.97 Å². The number of hydrogen-bond acceptors (Lipinski definition) is 5. The number of aromatic nitrogens is 2. The molecule has 5 heteroatoms. The molecular weight excluding hydrogens is 220 g/mol. The van der Waals surface area contributed by atoms with Crippen molar-refractivity contribution in [2.45, 2.75) is 6.92 Å². The lowest BCUT2D eigenvalue weighted by atomic mass is 10.1. The van der Waals surface area contributed by atoms with Crippen LogP contribution >= 0.6 is 0 Å². The van der Waals surface area contributed by atoms with Crippen molar-refractivity contribution in [3.63, 3.8) is 0 Å². The third kappa shape index (κ3) is 2.28. The van der Waals surface area contributed by atoms with Gasteiger partial charge in [0.15, 0.2) is 0 Å². The van der Waals surface area contributed by atoms with Crippen molar-refractivity contribution < 1.29 is 14.3 Å². The molecule has 0 saturated heterocycles. The summed E-state index contributed by atoms with van der Waals surface area (Å²) in [6.45, 7) is 1.83. The number of rotatable bonds is 3. The molecule has 0 atom stereocenters. The molecule has 0 saturated carbocycles. The zero-order valence-electron chi connectivity index (χ0n) is 9.21. The second kappa shape index (κ2) is 4.69. The van der Waals surface area contributed by atoms with Crippen LogP contribution in [0.3, 0.4) is 0 Å². The highest BCUT2D eigenvalue weighted by Crippen LogP contribution is 2.11. The summed E-state index contributed by atoms with van der Waals surface area (Å²) in [6, 6.07) is 4.71. The van der Waals surface area contributed by atoms with Crippen molar-refractivity contribution in [2.24, 2.45) is 0 Å². The summed E-state index contributed by atoms with van der Waals surface area (Å²) >= 11 is 0. The first-order valence-electron chi connectivity index (χ1n) is 5.14. The molecule has 0 aliphatic carbocycles. The zero-order chi connectivity index (χ0) is 12.3. The van der Waals surface area contributed by atoms with Crippen molar-refractivity contribution in [1.82, 2.24) is 9.97 Å². The lowest BCUT2D eigenvalue weighted by Crippen LogP contribution is -2.17. The van der Waals surface area contributed by atoms with E-state index in [4.69, 9.17) is 0 Å². The third-order valence-electron chi connectivity index (χ3n) is 2.19. The Kier molecular flexibility index (Phi) is 3.09. The average molecular weight is 230 g/mol. The van der Waals surface area contributed by atoms with E-state index in [1.54, 1.807) is 19.2 Å². The van der Waals surface area contributed by atoms with Crippen LogP contribution in [-0.2, 0) is 9.53 Å². The number of ketones is 1. The van der Waals surface area contributed by atoms with Gasteiger partial charge in [0.05, 0.1) is 17.6 Å². The Labute approximate surface area is 97.4 Å². The maximum Gasteiger partial charge on any atom is 0.379 e. The first-order valence-corrected chi connectivity index (χ1v) is 5.14. The lowest BCUT2D eigenvalue weighted by molar-refractivity contribution is -0.137. The number of carbonyl (C=O) groups is 2. The molecule has 0 amide bonds. The van der Waals surface area contributed by atoms with Gasteiger partial charge in [0.1, 0.15) is 0 Å². The van der Waals surface area contributed by atoms with Crippen LogP contribution in [0, 0.1) is 0 Å². The van der Waals surface area contributed by atoms with Crippen molar-refractivity contribution in [1.29, 1.82) is 0 Å². The number of fused-ring (bicyclic) bond motifs is 1. The van der Waals surface area contributed by atoms with Gasteiger partial charge in [-0.25, -0.2) is 4.79 Å². The Morgan fingerprint density at radius 3 is 2.59 bits per heavy atom. The van der Waals surface area contributed by atoms with Crippen molar-refractivity contribution in [2.75, 3.05) is 6.61 Å². The van der Waals surface area contributed by atoms with Crippen LogP contribution < -0.4 is 0 Å². The largest absolute Gasteiger partial charge is 0.460 e. The Morgan fingerprint density at radius 1 is 1.18 bits per heavy atom. The monoisotopic (exact) mass is 230 g/mol. The maximum absolute atomic E-state index is 11.7. The fraction of sp³-hybridized carbons (Fsp3) is 0.167. The molecule has 2 aromatic rings. The quantitative estimate of drug-likeness (QED) is 0.452. The summed E-state index contributed by atoms with van der Waals surface area (Å²) < 4.78 is 4.65. The highest BCUT2D eigenvalue weighted by molar-refractivity contribution is 6.40. The van der Waals surface area contributed by atoms with Crippen LogP contribution in [0.25, 0.3) is 11.0 Å². The number of benzene rings is 1. The van der Waals surface area contributed by atoms with E-state index in [9.17, 15) is 9.59 Å². The number of ether oxygens (including phenoxy) is 1. The second-order valence-electron chi connectivity index (χ2n) is 3.31. The summed E-state index contributed by atoms with van der Waals surface area (Å²) in [4.78, 5) is 31.1. The molecule has 0 bridgehead atoms.